The van der Waals surface area contributed by atoms with Crippen LogP contribution in [0, 0.1) is 6.92 Å². The molecule has 1 aromatic rings. The molecule has 4 heteroatoms. The third-order valence-electron chi connectivity index (χ3n) is 3.50. The zero-order chi connectivity index (χ0) is 13.1. The number of nitrogens with zero attached hydrogens (tertiary/aromatic N) is 1. The Labute approximate surface area is 125 Å². The summed E-state index contributed by atoms with van der Waals surface area (Å²) in [7, 11) is 0. The van der Waals surface area contributed by atoms with Gasteiger partial charge < -0.3 is 4.90 Å². The molecule has 0 N–H and O–H groups in total. The van der Waals surface area contributed by atoms with Gasteiger partial charge in [0.05, 0.1) is 0 Å². The Balaban J connectivity index is 2.26. The van der Waals surface area contributed by atoms with Crippen molar-refractivity contribution in [3.05, 3.63) is 33.8 Å². The van der Waals surface area contributed by atoms with Gasteiger partial charge in [0.25, 0.3) is 5.91 Å². The van der Waals surface area contributed by atoms with Gasteiger partial charge in [-0.05, 0) is 43.9 Å². The molecule has 18 heavy (non-hydrogen) atoms. The third kappa shape index (κ3) is 2.97. The first-order valence-corrected chi connectivity index (χ1v) is 8.18. The van der Waals surface area contributed by atoms with Crippen molar-refractivity contribution in [1.82, 2.24) is 4.90 Å². The molecular weight excluding hydrogens is 358 g/mol. The van der Waals surface area contributed by atoms with Crippen molar-refractivity contribution in [2.75, 3.05) is 11.9 Å². The highest BCUT2D eigenvalue weighted by atomic mass is 79.9. The predicted octanol–water partition coefficient (Wildman–Crippen LogP) is 4.15. The van der Waals surface area contributed by atoms with Gasteiger partial charge in [0, 0.05) is 28.0 Å². The lowest BCUT2D eigenvalue weighted by atomic mass is 10.0. The van der Waals surface area contributed by atoms with Gasteiger partial charge in [-0.15, -0.1) is 0 Å². The van der Waals surface area contributed by atoms with Crippen molar-refractivity contribution in [1.29, 1.82) is 0 Å². The van der Waals surface area contributed by atoms with Gasteiger partial charge in [0.15, 0.2) is 0 Å². The van der Waals surface area contributed by atoms with E-state index < -0.39 is 0 Å². The molecular formula is C14H17Br2NO. The summed E-state index contributed by atoms with van der Waals surface area (Å²) in [4.78, 5) is 14.6. The van der Waals surface area contributed by atoms with Crippen LogP contribution in [0.5, 0.6) is 0 Å². The smallest absolute Gasteiger partial charge is 0.254 e. The second-order valence-electron chi connectivity index (χ2n) is 4.76. The van der Waals surface area contributed by atoms with E-state index >= 15 is 0 Å². The van der Waals surface area contributed by atoms with Crippen LogP contribution in [-0.2, 0) is 0 Å². The number of carbonyl (C=O) groups is 1. The number of hydrogen-bond donors (Lipinski definition) is 0. The van der Waals surface area contributed by atoms with E-state index in [1.165, 1.54) is 6.42 Å². The standard InChI is InChI=1S/C14H17Br2NO/c1-10-5-6-11(16)8-13(10)14(18)17-7-3-2-4-12(17)9-15/h5-6,8,12H,2-4,7,9H2,1H3. The highest BCUT2D eigenvalue weighted by Gasteiger charge is 2.27. The van der Waals surface area contributed by atoms with Crippen LogP contribution in [0.4, 0.5) is 0 Å². The van der Waals surface area contributed by atoms with Crippen molar-refractivity contribution >= 4 is 37.8 Å². The highest BCUT2D eigenvalue weighted by Crippen LogP contribution is 2.24. The summed E-state index contributed by atoms with van der Waals surface area (Å²) in [6, 6.07) is 6.23. The second-order valence-corrected chi connectivity index (χ2v) is 6.32. The molecule has 2 rings (SSSR count). The molecule has 1 atom stereocenters. The minimum absolute atomic E-state index is 0.165. The van der Waals surface area contributed by atoms with Crippen LogP contribution >= 0.6 is 31.9 Å². The SMILES string of the molecule is Cc1ccc(Br)cc1C(=O)N1CCCCC1CBr. The van der Waals surface area contributed by atoms with Gasteiger partial charge in [-0.3, -0.25) is 4.79 Å². The van der Waals surface area contributed by atoms with Crippen LogP contribution < -0.4 is 0 Å². The normalized spacial score (nSPS) is 19.9. The Hall–Kier alpha value is -0.350. The Morgan fingerprint density at radius 3 is 2.94 bits per heavy atom. The Bertz CT molecular complexity index is 447. The molecule has 1 amide bonds. The molecule has 1 aliphatic rings. The number of amides is 1. The van der Waals surface area contributed by atoms with Crippen LogP contribution in [0.25, 0.3) is 0 Å². The van der Waals surface area contributed by atoms with Crippen LogP contribution in [0.15, 0.2) is 22.7 Å². The van der Waals surface area contributed by atoms with Crippen LogP contribution in [0.3, 0.4) is 0 Å². The maximum absolute atomic E-state index is 12.6. The molecule has 1 saturated heterocycles. The van der Waals surface area contributed by atoms with Gasteiger partial charge >= 0.3 is 0 Å². The molecule has 0 bridgehead atoms. The van der Waals surface area contributed by atoms with E-state index in [4.69, 9.17) is 0 Å². The topological polar surface area (TPSA) is 20.3 Å². The van der Waals surface area contributed by atoms with E-state index in [0.717, 1.165) is 40.3 Å². The summed E-state index contributed by atoms with van der Waals surface area (Å²) in [5.74, 6) is 0.165. The minimum Gasteiger partial charge on any atom is -0.335 e. The molecule has 1 unspecified atom stereocenters. The lowest BCUT2D eigenvalue weighted by molar-refractivity contribution is 0.0641. The van der Waals surface area contributed by atoms with Gasteiger partial charge in [0.2, 0.25) is 0 Å². The first kappa shape index (κ1) is 14.1. The van der Waals surface area contributed by atoms with E-state index in [-0.39, 0.29) is 5.91 Å². The summed E-state index contributed by atoms with van der Waals surface area (Å²) in [6.07, 6.45) is 3.43. The number of halogens is 2. The third-order valence-corrected chi connectivity index (χ3v) is 4.74. The molecule has 98 valence electrons. The number of benzene rings is 1. The summed E-state index contributed by atoms with van der Waals surface area (Å²) < 4.78 is 0.962. The first-order chi connectivity index (χ1) is 8.63. The average molecular weight is 375 g/mol. The molecule has 0 spiro atoms. The largest absolute Gasteiger partial charge is 0.335 e. The molecule has 1 aliphatic heterocycles. The summed E-state index contributed by atoms with van der Waals surface area (Å²) >= 11 is 6.96. The Kier molecular flexibility index (Phi) is 4.84. The summed E-state index contributed by atoms with van der Waals surface area (Å²) in [5, 5.41) is 0.867. The van der Waals surface area contributed by atoms with E-state index in [1.54, 1.807) is 0 Å². The van der Waals surface area contributed by atoms with Crippen molar-refractivity contribution in [3.8, 4) is 0 Å². The average Bonchev–Trinajstić information content (AvgIpc) is 2.40. The van der Waals surface area contributed by atoms with Gasteiger partial charge in [-0.1, -0.05) is 37.9 Å². The van der Waals surface area contributed by atoms with E-state index in [2.05, 4.69) is 31.9 Å². The number of alkyl halides is 1. The van der Waals surface area contributed by atoms with Crippen molar-refractivity contribution in [2.45, 2.75) is 32.2 Å². The zero-order valence-corrected chi connectivity index (χ0v) is 13.6. The lowest BCUT2D eigenvalue weighted by Crippen LogP contribution is -2.44. The Morgan fingerprint density at radius 1 is 1.44 bits per heavy atom. The number of rotatable bonds is 2. The molecule has 0 radical (unpaired) electrons. The van der Waals surface area contributed by atoms with Gasteiger partial charge in [0.1, 0.15) is 0 Å². The van der Waals surface area contributed by atoms with Crippen molar-refractivity contribution in [3.63, 3.8) is 0 Å². The highest BCUT2D eigenvalue weighted by molar-refractivity contribution is 9.10. The molecule has 1 aromatic carbocycles. The molecule has 0 saturated carbocycles. The minimum atomic E-state index is 0.165. The molecule has 0 aromatic heterocycles. The fourth-order valence-corrected chi connectivity index (χ4v) is 3.44. The number of aryl methyl sites for hydroxylation is 1. The van der Waals surface area contributed by atoms with Crippen LogP contribution in [-0.4, -0.2) is 28.7 Å². The molecule has 0 aliphatic carbocycles. The second kappa shape index (κ2) is 6.20. The van der Waals surface area contributed by atoms with Gasteiger partial charge in [-0.2, -0.15) is 0 Å². The summed E-state index contributed by atoms with van der Waals surface area (Å²) in [5.41, 5.74) is 1.86. The van der Waals surface area contributed by atoms with Crippen LogP contribution in [0.1, 0.15) is 35.2 Å². The summed E-state index contributed by atoms with van der Waals surface area (Å²) in [6.45, 7) is 2.87. The molecule has 1 fully saturated rings. The fraction of sp³-hybridized carbons (Fsp3) is 0.500. The maximum atomic E-state index is 12.6. The molecule has 2 nitrogen and oxygen atoms in total. The predicted molar refractivity (Wildman–Crippen MR) is 81.3 cm³/mol. The fourth-order valence-electron chi connectivity index (χ4n) is 2.41. The van der Waals surface area contributed by atoms with Crippen LogP contribution in [0.2, 0.25) is 0 Å². The van der Waals surface area contributed by atoms with E-state index in [9.17, 15) is 4.79 Å². The van der Waals surface area contributed by atoms with E-state index in [0.29, 0.717) is 6.04 Å². The number of carbonyl (C=O) groups excluding carboxylic acids is 1. The van der Waals surface area contributed by atoms with E-state index in [1.807, 2.05) is 30.0 Å². The van der Waals surface area contributed by atoms with Crippen molar-refractivity contribution < 1.29 is 4.79 Å². The number of likely N-dealkylation sites (tertiary alicyclic amines) is 1. The monoisotopic (exact) mass is 373 g/mol. The quantitative estimate of drug-likeness (QED) is 0.712. The zero-order valence-electron chi connectivity index (χ0n) is 10.5. The molecule has 1 heterocycles. The maximum Gasteiger partial charge on any atom is 0.254 e. The number of piperidine rings is 1. The van der Waals surface area contributed by atoms with Gasteiger partial charge in [-0.25, -0.2) is 0 Å². The number of hydrogen-bond acceptors (Lipinski definition) is 1. The lowest BCUT2D eigenvalue weighted by Gasteiger charge is -2.35. The Morgan fingerprint density at radius 2 is 2.22 bits per heavy atom. The van der Waals surface area contributed by atoms with Crippen molar-refractivity contribution in [2.24, 2.45) is 0 Å². The first-order valence-electron chi connectivity index (χ1n) is 6.26.